The van der Waals surface area contributed by atoms with Crippen LogP contribution < -0.4 is 0 Å². The van der Waals surface area contributed by atoms with Crippen LogP contribution in [0, 0.1) is 11.7 Å². The van der Waals surface area contributed by atoms with Gasteiger partial charge in [0.15, 0.2) is 5.78 Å². The van der Waals surface area contributed by atoms with E-state index in [2.05, 4.69) is 30.7 Å². The quantitative estimate of drug-likeness (QED) is 0.711. The number of nitrogens with zero attached hydrogens (tertiary/aromatic N) is 2. The van der Waals surface area contributed by atoms with Crippen molar-refractivity contribution >= 4 is 5.78 Å². The van der Waals surface area contributed by atoms with E-state index >= 15 is 0 Å². The summed E-state index contributed by atoms with van der Waals surface area (Å²) in [5.41, 5.74) is 0.339. The fourth-order valence-electron chi connectivity index (χ4n) is 2.03. The van der Waals surface area contributed by atoms with Gasteiger partial charge in [-0.05, 0) is 38.4 Å². The molecular formula is C15H23FN2O. The lowest BCUT2D eigenvalue weighted by atomic mass is 10.0. The van der Waals surface area contributed by atoms with Crippen molar-refractivity contribution in [3.63, 3.8) is 0 Å². The number of carbonyl (C=O) groups is 1. The Labute approximate surface area is 114 Å². The second kappa shape index (κ2) is 7.34. The zero-order valence-electron chi connectivity index (χ0n) is 12.2. The molecule has 4 heteroatoms. The van der Waals surface area contributed by atoms with Gasteiger partial charge in [-0.25, -0.2) is 4.39 Å². The summed E-state index contributed by atoms with van der Waals surface area (Å²) in [5, 5.41) is 0. The van der Waals surface area contributed by atoms with E-state index in [1.54, 1.807) is 0 Å². The van der Waals surface area contributed by atoms with Gasteiger partial charge >= 0.3 is 0 Å². The number of ketones is 1. The highest BCUT2D eigenvalue weighted by Gasteiger charge is 2.14. The Morgan fingerprint density at radius 1 is 1.37 bits per heavy atom. The molecule has 3 nitrogen and oxygen atoms in total. The van der Waals surface area contributed by atoms with Crippen LogP contribution in [0.25, 0.3) is 0 Å². The van der Waals surface area contributed by atoms with Gasteiger partial charge in [-0.2, -0.15) is 0 Å². The van der Waals surface area contributed by atoms with Crippen LogP contribution in [0.3, 0.4) is 0 Å². The van der Waals surface area contributed by atoms with E-state index in [0.29, 0.717) is 30.6 Å². The molecule has 0 radical (unpaired) electrons. The number of halogens is 1. The Bertz CT molecular complexity index is 403. The molecule has 1 atom stereocenters. The highest BCUT2D eigenvalue weighted by molar-refractivity contribution is 5.94. The molecule has 19 heavy (non-hydrogen) atoms. The summed E-state index contributed by atoms with van der Waals surface area (Å²) < 4.78 is 12.7. The third-order valence-electron chi connectivity index (χ3n) is 3.27. The van der Waals surface area contributed by atoms with E-state index < -0.39 is 5.82 Å². The summed E-state index contributed by atoms with van der Waals surface area (Å²) in [7, 11) is 2.03. The van der Waals surface area contributed by atoms with Gasteiger partial charge in [0.2, 0.25) is 0 Å². The minimum absolute atomic E-state index is 0.0383. The molecule has 0 aliphatic heterocycles. The standard InChI is InChI=1S/C15H23FN2O/c1-11(2)9-12(3)18(4)8-7-15(19)14-6-5-13(16)10-17-14/h5-6,10-12H,7-9H2,1-4H3. The van der Waals surface area contributed by atoms with Crippen molar-refractivity contribution in [3.05, 3.63) is 29.8 Å². The van der Waals surface area contributed by atoms with E-state index in [1.807, 2.05) is 7.05 Å². The Hall–Kier alpha value is -1.29. The van der Waals surface area contributed by atoms with Crippen molar-refractivity contribution in [3.8, 4) is 0 Å². The molecule has 0 aromatic carbocycles. The van der Waals surface area contributed by atoms with Crippen LogP contribution in [0.2, 0.25) is 0 Å². The summed E-state index contributed by atoms with van der Waals surface area (Å²) in [4.78, 5) is 17.9. The van der Waals surface area contributed by atoms with Crippen molar-refractivity contribution in [1.82, 2.24) is 9.88 Å². The molecule has 0 bridgehead atoms. The van der Waals surface area contributed by atoms with Crippen LogP contribution >= 0.6 is 0 Å². The van der Waals surface area contributed by atoms with Gasteiger partial charge in [0, 0.05) is 19.0 Å². The molecule has 0 N–H and O–H groups in total. The maximum absolute atomic E-state index is 12.7. The zero-order chi connectivity index (χ0) is 14.4. The Kier molecular flexibility index (Phi) is 6.09. The van der Waals surface area contributed by atoms with Crippen LogP contribution in [0.1, 0.15) is 44.1 Å². The molecule has 1 unspecified atom stereocenters. The molecule has 0 fully saturated rings. The third-order valence-corrected chi connectivity index (χ3v) is 3.27. The van der Waals surface area contributed by atoms with Gasteiger partial charge < -0.3 is 4.90 Å². The first-order chi connectivity index (χ1) is 8.90. The van der Waals surface area contributed by atoms with Crippen LogP contribution in [-0.2, 0) is 0 Å². The first-order valence-corrected chi connectivity index (χ1v) is 6.75. The summed E-state index contributed by atoms with van der Waals surface area (Å²) in [6.07, 6.45) is 2.61. The Morgan fingerprint density at radius 3 is 2.58 bits per heavy atom. The Balaban J connectivity index is 2.43. The lowest BCUT2D eigenvalue weighted by Crippen LogP contribution is -2.32. The van der Waals surface area contributed by atoms with Gasteiger partial charge in [0.1, 0.15) is 11.5 Å². The first-order valence-electron chi connectivity index (χ1n) is 6.75. The average molecular weight is 266 g/mol. The van der Waals surface area contributed by atoms with Gasteiger partial charge in [-0.1, -0.05) is 13.8 Å². The number of Topliss-reactive ketones (excluding diaryl/α,β-unsaturated/α-hetero) is 1. The SMILES string of the molecule is CC(C)CC(C)N(C)CCC(=O)c1ccc(F)cn1. The minimum Gasteiger partial charge on any atom is -0.303 e. The molecule has 0 spiro atoms. The van der Waals surface area contributed by atoms with E-state index in [0.717, 1.165) is 12.6 Å². The average Bonchev–Trinajstić information content (AvgIpc) is 2.35. The number of rotatable bonds is 7. The molecule has 1 aromatic rings. The molecule has 1 aromatic heterocycles. The number of hydrogen-bond donors (Lipinski definition) is 0. The molecule has 0 amide bonds. The predicted molar refractivity (Wildman–Crippen MR) is 74.7 cm³/mol. The third kappa shape index (κ3) is 5.47. The molecule has 0 saturated heterocycles. The molecule has 1 heterocycles. The van der Waals surface area contributed by atoms with E-state index in [1.165, 1.54) is 12.1 Å². The molecule has 106 valence electrons. The molecular weight excluding hydrogens is 243 g/mol. The number of pyridine rings is 1. The summed E-state index contributed by atoms with van der Waals surface area (Å²) in [6.45, 7) is 7.25. The minimum atomic E-state index is -0.417. The topological polar surface area (TPSA) is 33.2 Å². The van der Waals surface area contributed by atoms with Crippen molar-refractivity contribution in [2.75, 3.05) is 13.6 Å². The molecule has 1 rings (SSSR count). The van der Waals surface area contributed by atoms with E-state index in [9.17, 15) is 9.18 Å². The largest absolute Gasteiger partial charge is 0.303 e. The van der Waals surface area contributed by atoms with Crippen LogP contribution in [0.5, 0.6) is 0 Å². The fourth-order valence-corrected chi connectivity index (χ4v) is 2.03. The second-order valence-corrected chi connectivity index (χ2v) is 5.49. The van der Waals surface area contributed by atoms with E-state index in [-0.39, 0.29) is 5.78 Å². The number of carbonyl (C=O) groups excluding carboxylic acids is 1. The number of hydrogen-bond acceptors (Lipinski definition) is 3. The highest BCUT2D eigenvalue weighted by atomic mass is 19.1. The Morgan fingerprint density at radius 2 is 2.05 bits per heavy atom. The summed E-state index contributed by atoms with van der Waals surface area (Å²) >= 11 is 0. The maximum atomic E-state index is 12.7. The second-order valence-electron chi connectivity index (χ2n) is 5.49. The van der Waals surface area contributed by atoms with E-state index in [4.69, 9.17) is 0 Å². The van der Waals surface area contributed by atoms with Crippen molar-refractivity contribution in [2.45, 2.75) is 39.7 Å². The fraction of sp³-hybridized carbons (Fsp3) is 0.600. The summed E-state index contributed by atoms with van der Waals surface area (Å²) in [5.74, 6) is 0.190. The van der Waals surface area contributed by atoms with Crippen LogP contribution in [-0.4, -0.2) is 35.3 Å². The highest BCUT2D eigenvalue weighted by Crippen LogP contribution is 2.10. The van der Waals surface area contributed by atoms with Crippen molar-refractivity contribution < 1.29 is 9.18 Å². The normalized spacial score (nSPS) is 13.0. The van der Waals surface area contributed by atoms with Gasteiger partial charge in [-0.3, -0.25) is 9.78 Å². The van der Waals surface area contributed by atoms with Gasteiger partial charge in [0.25, 0.3) is 0 Å². The molecule has 0 aliphatic carbocycles. The van der Waals surface area contributed by atoms with Crippen LogP contribution in [0.4, 0.5) is 4.39 Å². The summed E-state index contributed by atoms with van der Waals surface area (Å²) in [6, 6.07) is 3.16. The van der Waals surface area contributed by atoms with Crippen molar-refractivity contribution in [2.24, 2.45) is 5.92 Å². The van der Waals surface area contributed by atoms with Gasteiger partial charge in [0.05, 0.1) is 6.20 Å². The monoisotopic (exact) mass is 266 g/mol. The predicted octanol–water partition coefficient (Wildman–Crippen LogP) is 3.16. The number of aromatic nitrogens is 1. The zero-order valence-corrected chi connectivity index (χ0v) is 12.2. The first kappa shape index (κ1) is 15.8. The van der Waals surface area contributed by atoms with Crippen LogP contribution in [0.15, 0.2) is 18.3 Å². The van der Waals surface area contributed by atoms with Gasteiger partial charge in [-0.15, -0.1) is 0 Å². The molecule has 0 saturated carbocycles. The lowest BCUT2D eigenvalue weighted by Gasteiger charge is -2.25. The lowest BCUT2D eigenvalue weighted by molar-refractivity contribution is 0.0954. The maximum Gasteiger partial charge on any atom is 0.182 e. The van der Waals surface area contributed by atoms with Crippen molar-refractivity contribution in [1.29, 1.82) is 0 Å². The molecule has 0 aliphatic rings. The smallest absolute Gasteiger partial charge is 0.182 e.